The molecule has 0 saturated carbocycles. The lowest BCUT2D eigenvalue weighted by atomic mass is 9.98. The minimum Gasteiger partial charge on any atom is -0.478 e. The number of aryl methyl sites for hydroxylation is 1. The van der Waals surface area contributed by atoms with Gasteiger partial charge in [-0.25, -0.2) is 4.79 Å². The molecule has 0 aliphatic carbocycles. The number of carboxylic acid groups (broad SMARTS) is 1. The van der Waals surface area contributed by atoms with Gasteiger partial charge in [0, 0.05) is 16.6 Å². The highest BCUT2D eigenvalue weighted by atomic mass is 79.9. The maximum atomic E-state index is 11.9. The Hall–Kier alpha value is -1.62. The van der Waals surface area contributed by atoms with Gasteiger partial charge < -0.3 is 10.0 Å². The maximum Gasteiger partial charge on any atom is 0.335 e. The van der Waals surface area contributed by atoms with Gasteiger partial charge in [-0.3, -0.25) is 4.79 Å². The molecule has 1 heterocycles. The number of carbonyl (C=O) groups is 2. The number of amides is 1. The van der Waals surface area contributed by atoms with Crippen LogP contribution in [0.1, 0.15) is 22.3 Å². The minimum absolute atomic E-state index is 0.0335. The second-order valence-electron chi connectivity index (χ2n) is 4.15. The van der Waals surface area contributed by atoms with Gasteiger partial charge in [-0.2, -0.15) is 0 Å². The summed E-state index contributed by atoms with van der Waals surface area (Å²) in [6.07, 6.45) is 0.983. The maximum absolute atomic E-state index is 11.9. The normalized spacial score (nSPS) is 14.3. The summed E-state index contributed by atoms with van der Waals surface area (Å²) in [5, 5.41) is 8.95. The number of hydrogen-bond acceptors (Lipinski definition) is 2. The summed E-state index contributed by atoms with van der Waals surface area (Å²) in [6.45, 7) is 4.13. The van der Waals surface area contributed by atoms with E-state index in [1.54, 1.807) is 17.0 Å². The Morgan fingerprint density at radius 1 is 1.44 bits per heavy atom. The fourth-order valence-corrected chi connectivity index (χ4v) is 2.29. The van der Waals surface area contributed by atoms with Gasteiger partial charge in [0.2, 0.25) is 5.91 Å². The Morgan fingerprint density at radius 2 is 2.17 bits per heavy atom. The quantitative estimate of drug-likeness (QED) is 0.933. The van der Waals surface area contributed by atoms with Crippen LogP contribution in [0.2, 0.25) is 0 Å². The van der Waals surface area contributed by atoms with E-state index in [0.29, 0.717) is 23.9 Å². The molecule has 1 aliphatic rings. The Morgan fingerprint density at radius 3 is 2.78 bits per heavy atom. The van der Waals surface area contributed by atoms with Crippen LogP contribution < -0.4 is 4.90 Å². The van der Waals surface area contributed by atoms with Crippen molar-refractivity contribution in [1.29, 1.82) is 0 Å². The Kier molecular flexibility index (Phi) is 3.52. The van der Waals surface area contributed by atoms with Gasteiger partial charge in [0.05, 0.1) is 12.1 Å². The summed E-state index contributed by atoms with van der Waals surface area (Å²) in [5.74, 6) is -0.919. The molecule has 1 N–H and O–H groups in total. The Balaban J connectivity index is 2.41. The summed E-state index contributed by atoms with van der Waals surface area (Å²) >= 11 is 3.24. The number of carboxylic acids is 1. The molecule has 1 aromatic rings. The number of hydrogen-bond donors (Lipinski definition) is 1. The fraction of sp³-hybridized carbons (Fsp3) is 0.231. The fourth-order valence-electron chi connectivity index (χ4n) is 2.04. The molecular weight excluding hydrogens is 298 g/mol. The molecule has 0 fully saturated rings. The first kappa shape index (κ1) is 12.8. The predicted octanol–water partition coefficient (Wildman–Crippen LogP) is 2.57. The second-order valence-corrected chi connectivity index (χ2v) is 5.27. The number of anilines is 1. The first-order valence-electron chi connectivity index (χ1n) is 5.49. The smallest absolute Gasteiger partial charge is 0.335 e. The van der Waals surface area contributed by atoms with E-state index in [-0.39, 0.29) is 11.5 Å². The number of fused-ring (bicyclic) bond motifs is 1. The monoisotopic (exact) mass is 309 g/mol. The van der Waals surface area contributed by atoms with E-state index in [1.807, 2.05) is 0 Å². The van der Waals surface area contributed by atoms with Crippen LogP contribution in [0.25, 0.3) is 0 Å². The van der Waals surface area contributed by atoms with Gasteiger partial charge in [-0.05, 0) is 30.2 Å². The number of aromatic carboxylic acids is 1. The van der Waals surface area contributed by atoms with E-state index in [4.69, 9.17) is 5.11 Å². The van der Waals surface area contributed by atoms with Gasteiger partial charge in [0.25, 0.3) is 0 Å². The van der Waals surface area contributed by atoms with Crippen LogP contribution in [0.5, 0.6) is 0 Å². The predicted molar refractivity (Wildman–Crippen MR) is 72.1 cm³/mol. The molecule has 1 aliphatic heterocycles. The molecule has 1 amide bonds. The van der Waals surface area contributed by atoms with Gasteiger partial charge in [-0.1, -0.05) is 22.5 Å². The van der Waals surface area contributed by atoms with Crippen LogP contribution in [-0.2, 0) is 11.2 Å². The molecule has 94 valence electrons. The molecule has 0 unspecified atom stereocenters. The van der Waals surface area contributed by atoms with E-state index in [0.717, 1.165) is 11.3 Å². The van der Waals surface area contributed by atoms with E-state index in [1.165, 1.54) is 6.07 Å². The zero-order chi connectivity index (χ0) is 13.3. The van der Waals surface area contributed by atoms with E-state index < -0.39 is 5.97 Å². The summed E-state index contributed by atoms with van der Waals surface area (Å²) < 4.78 is 0.714. The van der Waals surface area contributed by atoms with Crippen molar-refractivity contribution in [3.63, 3.8) is 0 Å². The number of carbonyl (C=O) groups excluding carboxylic acids is 1. The highest BCUT2D eigenvalue weighted by molar-refractivity contribution is 9.11. The van der Waals surface area contributed by atoms with Crippen molar-refractivity contribution in [1.82, 2.24) is 0 Å². The van der Waals surface area contributed by atoms with Gasteiger partial charge in [0.1, 0.15) is 0 Å². The average Bonchev–Trinajstić information content (AvgIpc) is 2.31. The van der Waals surface area contributed by atoms with Crippen LogP contribution in [0.3, 0.4) is 0 Å². The van der Waals surface area contributed by atoms with Crippen LogP contribution in [0.4, 0.5) is 5.69 Å². The van der Waals surface area contributed by atoms with Crippen LogP contribution in [0, 0.1) is 0 Å². The van der Waals surface area contributed by atoms with E-state index in [2.05, 4.69) is 22.5 Å². The zero-order valence-corrected chi connectivity index (χ0v) is 11.2. The lowest BCUT2D eigenvalue weighted by molar-refractivity contribution is -0.118. The highest BCUT2D eigenvalue weighted by Crippen LogP contribution is 2.29. The third-order valence-corrected chi connectivity index (χ3v) is 3.11. The van der Waals surface area contributed by atoms with Crippen molar-refractivity contribution in [2.45, 2.75) is 12.8 Å². The molecule has 0 aromatic heterocycles. The minimum atomic E-state index is -0.953. The summed E-state index contributed by atoms with van der Waals surface area (Å²) in [5.41, 5.74) is 1.92. The molecule has 0 bridgehead atoms. The molecule has 4 nitrogen and oxygen atoms in total. The molecule has 0 radical (unpaired) electrons. The first-order chi connectivity index (χ1) is 8.49. The molecule has 1 aromatic carbocycles. The van der Waals surface area contributed by atoms with Crippen LogP contribution in [0.15, 0.2) is 29.3 Å². The Bertz CT molecular complexity index is 539. The van der Waals surface area contributed by atoms with Crippen molar-refractivity contribution < 1.29 is 14.7 Å². The molecular formula is C13H12BrNO3. The number of benzene rings is 1. The second kappa shape index (κ2) is 4.94. The molecule has 5 heteroatoms. The van der Waals surface area contributed by atoms with Gasteiger partial charge in [0.15, 0.2) is 0 Å². The van der Waals surface area contributed by atoms with Crippen molar-refractivity contribution in [2.24, 2.45) is 0 Å². The van der Waals surface area contributed by atoms with Crippen LogP contribution in [-0.4, -0.2) is 23.5 Å². The van der Waals surface area contributed by atoms with Crippen molar-refractivity contribution in [3.8, 4) is 0 Å². The third-order valence-electron chi connectivity index (χ3n) is 2.86. The van der Waals surface area contributed by atoms with Crippen LogP contribution >= 0.6 is 15.9 Å². The molecule has 0 atom stereocenters. The molecule has 0 saturated heterocycles. The van der Waals surface area contributed by atoms with Crippen molar-refractivity contribution in [2.75, 3.05) is 11.4 Å². The molecule has 2 rings (SSSR count). The Labute approximate surface area is 113 Å². The third kappa shape index (κ3) is 2.46. The SMILES string of the molecule is C=C(Br)CN1C(=O)CCc2cc(C(=O)O)ccc21. The lowest BCUT2D eigenvalue weighted by Gasteiger charge is -2.29. The molecule has 0 spiro atoms. The standard InChI is InChI=1S/C13H12BrNO3/c1-8(14)7-15-11-4-2-10(13(17)18)6-9(11)3-5-12(15)16/h2,4,6H,1,3,5,7H2,(H,17,18). The number of nitrogens with zero attached hydrogens (tertiary/aromatic N) is 1. The lowest BCUT2D eigenvalue weighted by Crippen LogP contribution is -2.36. The number of rotatable bonds is 3. The summed E-state index contributed by atoms with van der Waals surface area (Å²) in [4.78, 5) is 24.4. The van der Waals surface area contributed by atoms with Crippen molar-refractivity contribution >= 4 is 33.5 Å². The first-order valence-corrected chi connectivity index (χ1v) is 6.28. The van der Waals surface area contributed by atoms with E-state index >= 15 is 0 Å². The van der Waals surface area contributed by atoms with E-state index in [9.17, 15) is 9.59 Å². The molecule has 18 heavy (non-hydrogen) atoms. The largest absolute Gasteiger partial charge is 0.478 e. The summed E-state index contributed by atoms with van der Waals surface area (Å²) in [6, 6.07) is 4.84. The van der Waals surface area contributed by atoms with Gasteiger partial charge >= 0.3 is 5.97 Å². The highest BCUT2D eigenvalue weighted by Gasteiger charge is 2.24. The van der Waals surface area contributed by atoms with Gasteiger partial charge in [-0.15, -0.1) is 0 Å². The number of halogens is 1. The summed E-state index contributed by atoms with van der Waals surface area (Å²) in [7, 11) is 0. The van der Waals surface area contributed by atoms with Crippen molar-refractivity contribution in [3.05, 3.63) is 40.4 Å². The average molecular weight is 310 g/mol. The topological polar surface area (TPSA) is 57.6 Å². The zero-order valence-electron chi connectivity index (χ0n) is 9.65.